The van der Waals surface area contributed by atoms with Crippen LogP contribution in [0.2, 0.25) is 0 Å². The van der Waals surface area contributed by atoms with Crippen LogP contribution < -0.4 is 9.79 Å². The largest absolute Gasteiger partial charge is 0.493 e. The number of fused-ring (bicyclic) bond motifs is 2. The second-order valence-corrected chi connectivity index (χ2v) is 12.3. The molecule has 3 aromatic rings. The SMILES string of the molecule is Cc1c(NCc2c(F)cccc2CN2C3CCC2CC3)ccc(S(=O)(=O)N(OC(=O)C(F)(F)F)c2cscn2)c1F. The van der Waals surface area contributed by atoms with E-state index in [-0.39, 0.29) is 22.3 Å². The Bertz CT molecular complexity index is 1530. The summed E-state index contributed by atoms with van der Waals surface area (Å²) in [6.45, 7) is 1.82. The van der Waals surface area contributed by atoms with Gasteiger partial charge in [0.05, 0.1) is 5.51 Å². The van der Waals surface area contributed by atoms with Gasteiger partial charge in [-0.1, -0.05) is 16.6 Å². The molecular weight excluding hydrogens is 591 g/mol. The molecule has 2 aliphatic rings. The Kier molecular flexibility index (Phi) is 7.96. The molecular formula is C26H25F5N4O4S2. The topological polar surface area (TPSA) is 91.8 Å². The molecule has 3 heterocycles. The molecule has 2 aliphatic heterocycles. The number of nitrogens with one attached hydrogen (secondary N) is 1. The minimum atomic E-state index is -5.52. The fourth-order valence-corrected chi connectivity index (χ4v) is 7.28. The lowest BCUT2D eigenvalue weighted by atomic mass is 10.0. The van der Waals surface area contributed by atoms with Gasteiger partial charge in [-0.2, -0.15) is 21.6 Å². The molecule has 0 saturated carbocycles. The average molecular weight is 617 g/mol. The van der Waals surface area contributed by atoms with E-state index in [0.717, 1.165) is 59.5 Å². The number of thiazole rings is 1. The van der Waals surface area contributed by atoms with Crippen molar-refractivity contribution in [2.45, 2.75) is 68.9 Å². The first-order valence-corrected chi connectivity index (χ1v) is 15.0. The minimum Gasteiger partial charge on any atom is -0.381 e. The molecule has 1 aromatic heterocycles. The number of aromatic nitrogens is 1. The van der Waals surface area contributed by atoms with Crippen molar-refractivity contribution in [3.8, 4) is 0 Å². The molecule has 0 amide bonds. The summed E-state index contributed by atoms with van der Waals surface area (Å²) in [7, 11) is -5.18. The van der Waals surface area contributed by atoms with Gasteiger partial charge in [-0.3, -0.25) is 4.90 Å². The van der Waals surface area contributed by atoms with E-state index >= 15 is 4.39 Å². The normalized spacial score (nSPS) is 19.0. The fraction of sp³-hybridized carbons (Fsp3) is 0.385. The van der Waals surface area contributed by atoms with Crippen LogP contribution in [0.4, 0.5) is 33.5 Å². The van der Waals surface area contributed by atoms with Gasteiger partial charge in [0.2, 0.25) is 0 Å². The van der Waals surface area contributed by atoms with Crippen molar-refractivity contribution in [1.29, 1.82) is 0 Å². The number of carbonyl (C=O) groups is 1. The highest BCUT2D eigenvalue weighted by Gasteiger charge is 2.46. The van der Waals surface area contributed by atoms with Crippen LogP contribution in [0.5, 0.6) is 0 Å². The van der Waals surface area contributed by atoms with Crippen molar-refractivity contribution in [1.82, 2.24) is 9.88 Å². The number of rotatable bonds is 9. The zero-order valence-electron chi connectivity index (χ0n) is 21.6. The molecule has 0 radical (unpaired) electrons. The molecule has 0 spiro atoms. The summed E-state index contributed by atoms with van der Waals surface area (Å²) in [5.74, 6) is -5.22. The number of alkyl halides is 3. The van der Waals surface area contributed by atoms with Gasteiger partial charge in [-0.25, -0.2) is 18.6 Å². The Balaban J connectivity index is 1.39. The van der Waals surface area contributed by atoms with Crippen molar-refractivity contribution in [2.24, 2.45) is 0 Å². The number of hydrogen-bond acceptors (Lipinski definition) is 8. The third kappa shape index (κ3) is 5.75. The Morgan fingerprint density at radius 1 is 1.15 bits per heavy atom. The van der Waals surface area contributed by atoms with Crippen LogP contribution in [-0.4, -0.2) is 42.5 Å². The van der Waals surface area contributed by atoms with Crippen LogP contribution in [0.15, 0.2) is 46.1 Å². The van der Waals surface area contributed by atoms with E-state index in [1.165, 1.54) is 19.1 Å². The first-order valence-electron chi connectivity index (χ1n) is 12.7. The van der Waals surface area contributed by atoms with Crippen LogP contribution >= 0.6 is 11.3 Å². The van der Waals surface area contributed by atoms with Crippen molar-refractivity contribution in [3.05, 3.63) is 69.5 Å². The lowest BCUT2D eigenvalue weighted by Gasteiger charge is -2.24. The summed E-state index contributed by atoms with van der Waals surface area (Å²) in [6, 6.07) is 7.80. The number of nitrogens with zero attached hydrogens (tertiary/aromatic N) is 3. The van der Waals surface area contributed by atoms with E-state index in [0.29, 0.717) is 24.2 Å². The van der Waals surface area contributed by atoms with Gasteiger partial charge >= 0.3 is 12.1 Å². The van der Waals surface area contributed by atoms with Gasteiger partial charge < -0.3 is 10.2 Å². The smallest absolute Gasteiger partial charge is 0.381 e. The maximum atomic E-state index is 15.5. The quantitative estimate of drug-likeness (QED) is 0.244. The third-order valence-electron chi connectivity index (χ3n) is 7.48. The van der Waals surface area contributed by atoms with E-state index in [2.05, 4.69) is 20.0 Å². The summed E-state index contributed by atoms with van der Waals surface area (Å²) >= 11 is 0.817. The second kappa shape index (κ2) is 11.2. The Labute approximate surface area is 236 Å². The van der Waals surface area contributed by atoms with Crippen LogP contribution in [0.1, 0.15) is 42.4 Å². The van der Waals surface area contributed by atoms with E-state index in [4.69, 9.17) is 0 Å². The zero-order chi connectivity index (χ0) is 29.5. The van der Waals surface area contributed by atoms with Gasteiger partial charge in [0.25, 0.3) is 10.0 Å². The molecule has 220 valence electrons. The number of anilines is 2. The second-order valence-electron chi connectivity index (χ2n) is 9.87. The van der Waals surface area contributed by atoms with Crippen molar-refractivity contribution in [2.75, 3.05) is 9.79 Å². The molecule has 41 heavy (non-hydrogen) atoms. The number of halogens is 5. The van der Waals surface area contributed by atoms with Gasteiger partial charge in [-0.15, -0.1) is 11.3 Å². The highest BCUT2D eigenvalue weighted by molar-refractivity contribution is 7.92. The van der Waals surface area contributed by atoms with Gasteiger partial charge in [0.1, 0.15) is 16.5 Å². The van der Waals surface area contributed by atoms with Gasteiger partial charge in [0, 0.05) is 47.4 Å². The summed E-state index contributed by atoms with van der Waals surface area (Å²) in [4.78, 5) is 20.5. The predicted molar refractivity (Wildman–Crippen MR) is 140 cm³/mol. The van der Waals surface area contributed by atoms with E-state index < -0.39 is 44.5 Å². The summed E-state index contributed by atoms with van der Waals surface area (Å²) in [6.07, 6.45) is -1.04. The first kappa shape index (κ1) is 29.2. The Morgan fingerprint density at radius 3 is 2.44 bits per heavy atom. The third-order valence-corrected chi connectivity index (χ3v) is 9.62. The first-order chi connectivity index (χ1) is 19.4. The zero-order valence-corrected chi connectivity index (χ0v) is 23.3. The van der Waals surface area contributed by atoms with Crippen molar-refractivity contribution < 1.29 is 40.0 Å². The highest BCUT2D eigenvalue weighted by atomic mass is 32.2. The lowest BCUT2D eigenvalue weighted by Crippen LogP contribution is -2.39. The Morgan fingerprint density at radius 2 is 1.83 bits per heavy atom. The highest BCUT2D eigenvalue weighted by Crippen LogP contribution is 2.39. The van der Waals surface area contributed by atoms with E-state index in [1.807, 2.05) is 6.07 Å². The molecule has 2 bridgehead atoms. The monoisotopic (exact) mass is 616 g/mol. The number of benzene rings is 2. The van der Waals surface area contributed by atoms with Crippen molar-refractivity contribution >= 4 is 38.8 Å². The number of carbonyl (C=O) groups excluding carboxylic acids is 1. The maximum absolute atomic E-state index is 15.5. The molecule has 2 saturated heterocycles. The molecule has 15 heteroatoms. The summed E-state index contributed by atoms with van der Waals surface area (Å²) in [5.41, 5.74) is 2.23. The minimum absolute atomic E-state index is 0.0221. The molecule has 0 unspecified atom stereocenters. The summed E-state index contributed by atoms with van der Waals surface area (Å²) < 4.78 is 95.0. The van der Waals surface area contributed by atoms with E-state index in [1.54, 1.807) is 6.07 Å². The lowest BCUT2D eigenvalue weighted by molar-refractivity contribution is -0.199. The van der Waals surface area contributed by atoms with Gasteiger partial charge in [-0.05, 0) is 56.4 Å². The summed E-state index contributed by atoms with van der Waals surface area (Å²) in [5, 5.41) is 3.97. The molecule has 2 fully saturated rings. The molecule has 0 atom stereocenters. The number of hydrogen-bond donors (Lipinski definition) is 1. The molecule has 0 aliphatic carbocycles. The van der Waals surface area contributed by atoms with E-state index in [9.17, 15) is 30.8 Å². The molecule has 2 aromatic carbocycles. The molecule has 5 rings (SSSR count). The van der Waals surface area contributed by atoms with Crippen LogP contribution in [0, 0.1) is 18.6 Å². The Hall–Kier alpha value is -3.30. The van der Waals surface area contributed by atoms with Gasteiger partial charge in [0.15, 0.2) is 5.82 Å². The fourth-order valence-electron chi connectivity index (χ4n) is 5.39. The standard InChI is InChI=1S/C26H25F5N4O4S2/c1-15-21(32-11-19-16(3-2-4-20(19)27)12-34-17-5-6-18(34)8-7-17)9-10-22(24(15)28)41(37,38)35(23-13-40-14-33-23)39-25(36)26(29,30)31/h2-4,9-10,13-14,17-18,32H,5-8,11-12H2,1H3. The number of sulfonamides is 1. The predicted octanol–water partition coefficient (Wildman–Crippen LogP) is 5.68. The molecule has 8 nitrogen and oxygen atoms in total. The average Bonchev–Trinajstić information content (AvgIpc) is 3.67. The van der Waals surface area contributed by atoms with Crippen molar-refractivity contribution in [3.63, 3.8) is 0 Å². The van der Waals surface area contributed by atoms with Crippen LogP contribution in [0.3, 0.4) is 0 Å². The van der Waals surface area contributed by atoms with Crippen LogP contribution in [0.25, 0.3) is 0 Å². The maximum Gasteiger partial charge on any atom is 0.493 e. The molecule has 1 N–H and O–H groups in total. The van der Waals surface area contributed by atoms with Crippen LogP contribution in [-0.2, 0) is 32.7 Å².